The minimum Gasteiger partial charge on any atom is -0.490 e. The number of anilines is 4. The summed E-state index contributed by atoms with van der Waals surface area (Å²) in [5, 5.41) is 7.60. The molecule has 8 nitrogen and oxygen atoms in total. The number of nitrogens with zero attached hydrogens (tertiary/aromatic N) is 3. The molecule has 1 aliphatic rings. The number of rotatable bonds is 6. The first-order valence-corrected chi connectivity index (χ1v) is 11.0. The van der Waals surface area contributed by atoms with Crippen LogP contribution in [0, 0.1) is 0 Å². The van der Waals surface area contributed by atoms with Crippen LogP contribution in [0.5, 0.6) is 5.75 Å². The van der Waals surface area contributed by atoms with Gasteiger partial charge >= 0.3 is 0 Å². The molecule has 0 amide bonds. The van der Waals surface area contributed by atoms with Crippen molar-refractivity contribution in [3.63, 3.8) is 0 Å². The van der Waals surface area contributed by atoms with Crippen LogP contribution in [-0.4, -0.2) is 41.3 Å². The number of para-hydroxylation sites is 1. The van der Waals surface area contributed by atoms with Gasteiger partial charge in [0.1, 0.15) is 17.7 Å². The molecule has 33 heavy (non-hydrogen) atoms. The van der Waals surface area contributed by atoms with Gasteiger partial charge < -0.3 is 25.8 Å². The van der Waals surface area contributed by atoms with Crippen LogP contribution in [0.2, 0.25) is 0 Å². The number of ether oxygens (including phenoxy) is 2. The van der Waals surface area contributed by atoms with E-state index in [1.165, 1.54) is 7.05 Å². The highest BCUT2D eigenvalue weighted by Crippen LogP contribution is 2.23. The van der Waals surface area contributed by atoms with Crippen molar-refractivity contribution in [3.8, 4) is 5.75 Å². The fourth-order valence-electron chi connectivity index (χ4n) is 3.51. The van der Waals surface area contributed by atoms with Crippen molar-refractivity contribution >= 4 is 34.0 Å². The summed E-state index contributed by atoms with van der Waals surface area (Å²) in [6.45, 7) is 1.53. The minimum atomic E-state index is 0.225. The lowest BCUT2D eigenvalue weighted by atomic mass is 10.1. The molecule has 1 fully saturated rings. The van der Waals surface area contributed by atoms with Crippen LogP contribution in [0.1, 0.15) is 12.8 Å². The molecule has 0 aliphatic carbocycles. The average Bonchev–Trinajstić information content (AvgIpc) is 2.87. The van der Waals surface area contributed by atoms with Crippen molar-refractivity contribution in [1.82, 2.24) is 15.0 Å². The van der Waals surface area contributed by atoms with Gasteiger partial charge in [0.2, 0.25) is 5.95 Å². The van der Waals surface area contributed by atoms with E-state index in [4.69, 9.17) is 9.47 Å². The molecule has 0 radical (unpaired) electrons. The van der Waals surface area contributed by atoms with Gasteiger partial charge in [-0.2, -0.15) is 4.98 Å². The lowest BCUT2D eigenvalue weighted by molar-refractivity contribution is 0.0256. The quantitative estimate of drug-likeness (QED) is 0.395. The molecule has 1 aliphatic heterocycles. The van der Waals surface area contributed by atoms with Gasteiger partial charge in [-0.25, -0.2) is 4.98 Å². The smallest absolute Gasteiger partial charge is 0.229 e. The molecule has 5 rings (SSSR count). The fourth-order valence-corrected chi connectivity index (χ4v) is 3.51. The summed E-state index contributed by atoms with van der Waals surface area (Å²) in [6.07, 6.45) is 5.60. The fraction of sp³-hybridized carbons (Fsp3) is 0.240. The Morgan fingerprint density at radius 1 is 0.909 bits per heavy atom. The van der Waals surface area contributed by atoms with Crippen LogP contribution in [-0.2, 0) is 4.74 Å². The summed E-state index contributed by atoms with van der Waals surface area (Å²) in [5.74, 6) is 2.06. The van der Waals surface area contributed by atoms with Crippen LogP contribution >= 0.6 is 0 Å². The first-order chi connectivity index (χ1) is 16.3. The van der Waals surface area contributed by atoms with Gasteiger partial charge in [0.25, 0.3) is 0 Å². The summed E-state index contributed by atoms with van der Waals surface area (Å²) >= 11 is 0. The van der Waals surface area contributed by atoms with Crippen LogP contribution in [0.4, 0.5) is 23.1 Å². The van der Waals surface area contributed by atoms with E-state index in [9.17, 15) is 0 Å². The van der Waals surface area contributed by atoms with Gasteiger partial charge in [-0.15, -0.1) is 0 Å². The van der Waals surface area contributed by atoms with Gasteiger partial charge in [-0.05, 0) is 49.5 Å². The van der Waals surface area contributed by atoms with E-state index in [0.717, 1.165) is 54.1 Å². The Bertz CT molecular complexity index is 1160. The molecular weight excluding hydrogens is 416 g/mol. The van der Waals surface area contributed by atoms with E-state index >= 15 is 0 Å². The SMILES string of the molecule is CN.c1ccc2ncc(Nc3ccnc(Nc4ccc(OC5CCOCC5)cc4)n3)cc2c1. The Morgan fingerprint density at radius 3 is 2.52 bits per heavy atom. The molecule has 0 saturated carbocycles. The van der Waals surface area contributed by atoms with Crippen molar-refractivity contribution < 1.29 is 9.47 Å². The largest absolute Gasteiger partial charge is 0.490 e. The Hall–Kier alpha value is -3.75. The van der Waals surface area contributed by atoms with Crippen LogP contribution in [0.3, 0.4) is 0 Å². The molecule has 0 spiro atoms. The zero-order valence-corrected chi connectivity index (χ0v) is 18.6. The highest BCUT2D eigenvalue weighted by Gasteiger charge is 2.15. The number of aromatic nitrogens is 3. The number of hydrogen-bond donors (Lipinski definition) is 3. The highest BCUT2D eigenvalue weighted by molar-refractivity contribution is 5.82. The molecule has 8 heteroatoms. The average molecular weight is 445 g/mol. The van der Waals surface area contributed by atoms with E-state index in [0.29, 0.717) is 11.8 Å². The normalized spacial score (nSPS) is 13.6. The highest BCUT2D eigenvalue weighted by atomic mass is 16.5. The van der Waals surface area contributed by atoms with Crippen molar-refractivity contribution in [2.24, 2.45) is 5.73 Å². The minimum absolute atomic E-state index is 0.225. The van der Waals surface area contributed by atoms with E-state index in [1.807, 2.05) is 54.6 Å². The van der Waals surface area contributed by atoms with Crippen molar-refractivity contribution in [1.29, 1.82) is 0 Å². The van der Waals surface area contributed by atoms with Gasteiger partial charge in [-0.1, -0.05) is 18.2 Å². The standard InChI is InChI=1S/C24H23N5O2.CH5N/c1-2-4-22-17(3-1)15-19(16-26-22)27-23-9-12-25-24(29-23)28-18-5-7-20(8-6-18)31-21-10-13-30-14-11-21;1-2/h1-9,12,15-16,21H,10-11,13-14H2,(H2,25,27,28,29);2H2,1H3. The summed E-state index contributed by atoms with van der Waals surface area (Å²) in [6, 6.07) is 19.7. The van der Waals surface area contributed by atoms with Crippen LogP contribution in [0.15, 0.2) is 73.1 Å². The third-order valence-electron chi connectivity index (χ3n) is 5.10. The second-order valence-electron chi connectivity index (χ2n) is 7.39. The molecule has 0 bridgehead atoms. The van der Waals surface area contributed by atoms with E-state index in [-0.39, 0.29) is 6.10 Å². The van der Waals surface area contributed by atoms with Gasteiger partial charge in [0.05, 0.1) is 30.6 Å². The topological polar surface area (TPSA) is 107 Å². The second-order valence-corrected chi connectivity index (χ2v) is 7.39. The zero-order chi connectivity index (χ0) is 22.9. The lowest BCUT2D eigenvalue weighted by Gasteiger charge is -2.23. The lowest BCUT2D eigenvalue weighted by Crippen LogP contribution is -2.25. The second kappa shape index (κ2) is 11.2. The summed E-state index contributed by atoms with van der Waals surface area (Å²) in [4.78, 5) is 13.3. The maximum absolute atomic E-state index is 6.02. The summed E-state index contributed by atoms with van der Waals surface area (Å²) < 4.78 is 11.4. The number of pyridine rings is 1. The third-order valence-corrected chi connectivity index (χ3v) is 5.10. The zero-order valence-electron chi connectivity index (χ0n) is 18.6. The number of nitrogens with one attached hydrogen (secondary N) is 2. The number of nitrogens with two attached hydrogens (primary N) is 1. The first kappa shape index (κ1) is 22.4. The summed E-state index contributed by atoms with van der Waals surface area (Å²) in [7, 11) is 1.50. The van der Waals surface area contributed by atoms with Gasteiger partial charge in [0, 0.05) is 30.1 Å². The van der Waals surface area contributed by atoms with Crippen molar-refractivity contribution in [2.45, 2.75) is 18.9 Å². The molecule has 1 saturated heterocycles. The molecule has 0 atom stereocenters. The Kier molecular flexibility index (Phi) is 7.63. The molecule has 3 heterocycles. The molecule has 0 unspecified atom stereocenters. The molecule has 4 aromatic rings. The number of hydrogen-bond acceptors (Lipinski definition) is 8. The van der Waals surface area contributed by atoms with Crippen molar-refractivity contribution in [3.05, 3.63) is 73.1 Å². The molecule has 4 N–H and O–H groups in total. The van der Waals surface area contributed by atoms with Crippen LogP contribution < -0.4 is 21.1 Å². The molecule has 2 aromatic carbocycles. The maximum Gasteiger partial charge on any atom is 0.229 e. The van der Waals surface area contributed by atoms with E-state index < -0.39 is 0 Å². The monoisotopic (exact) mass is 444 g/mol. The van der Waals surface area contributed by atoms with Crippen molar-refractivity contribution in [2.75, 3.05) is 30.9 Å². The first-order valence-electron chi connectivity index (χ1n) is 11.0. The predicted molar refractivity (Wildman–Crippen MR) is 131 cm³/mol. The molecule has 170 valence electrons. The van der Waals surface area contributed by atoms with Crippen LogP contribution in [0.25, 0.3) is 10.9 Å². The Labute approximate surface area is 193 Å². The van der Waals surface area contributed by atoms with Gasteiger partial charge in [0.15, 0.2) is 0 Å². The third kappa shape index (κ3) is 6.15. The van der Waals surface area contributed by atoms with E-state index in [2.05, 4.69) is 37.4 Å². The Balaban J connectivity index is 0.00000126. The number of fused-ring (bicyclic) bond motifs is 1. The Morgan fingerprint density at radius 2 is 1.70 bits per heavy atom. The van der Waals surface area contributed by atoms with E-state index in [1.54, 1.807) is 12.4 Å². The predicted octanol–water partition coefficient (Wildman–Crippen LogP) is 4.64. The van der Waals surface area contributed by atoms with Gasteiger partial charge in [-0.3, -0.25) is 4.98 Å². The maximum atomic E-state index is 6.02. The summed E-state index contributed by atoms with van der Waals surface area (Å²) in [5.41, 5.74) is 7.23. The number of benzene rings is 2. The molecule has 2 aromatic heterocycles. The molecular formula is C25H28N6O2.